The molecule has 4 nitrogen and oxygen atoms in total. The molecule has 0 saturated carbocycles. The van der Waals surface area contributed by atoms with Crippen LogP contribution in [0.15, 0.2) is 48.5 Å². The summed E-state index contributed by atoms with van der Waals surface area (Å²) in [7, 11) is 0. The average Bonchev–Trinajstić information content (AvgIpc) is 2.55. The molecule has 5 heteroatoms. The Labute approximate surface area is 147 Å². The smallest absolute Gasteiger partial charge is 0.320 e. The fourth-order valence-electron chi connectivity index (χ4n) is 2.29. The number of halogens is 1. The van der Waals surface area contributed by atoms with Crippen LogP contribution in [0.4, 0.5) is 0 Å². The van der Waals surface area contributed by atoms with Crippen LogP contribution in [0, 0.1) is 5.92 Å². The van der Waals surface area contributed by atoms with Gasteiger partial charge in [-0.05, 0) is 41.3 Å². The zero-order valence-electron chi connectivity index (χ0n) is 13.8. The molecule has 128 valence electrons. The van der Waals surface area contributed by atoms with Crippen LogP contribution in [0.1, 0.15) is 25.0 Å². The number of carboxylic acid groups (broad SMARTS) is 1. The Bertz CT molecular complexity index is 653. The number of carboxylic acids is 1. The third kappa shape index (κ3) is 5.55. The summed E-state index contributed by atoms with van der Waals surface area (Å²) < 4.78 is 5.73. The van der Waals surface area contributed by atoms with E-state index in [-0.39, 0.29) is 5.92 Å². The van der Waals surface area contributed by atoms with Gasteiger partial charge in [0.1, 0.15) is 18.4 Å². The molecule has 24 heavy (non-hydrogen) atoms. The Morgan fingerprint density at radius 1 is 1.08 bits per heavy atom. The van der Waals surface area contributed by atoms with Crippen LogP contribution >= 0.6 is 11.6 Å². The van der Waals surface area contributed by atoms with Crippen molar-refractivity contribution in [1.82, 2.24) is 5.32 Å². The predicted molar refractivity (Wildman–Crippen MR) is 95.3 cm³/mol. The van der Waals surface area contributed by atoms with Gasteiger partial charge in [-0.15, -0.1) is 0 Å². The van der Waals surface area contributed by atoms with E-state index in [9.17, 15) is 9.90 Å². The molecule has 0 aliphatic heterocycles. The van der Waals surface area contributed by atoms with Crippen LogP contribution in [0.25, 0.3) is 0 Å². The third-order valence-electron chi connectivity index (χ3n) is 3.70. The van der Waals surface area contributed by atoms with Crippen molar-refractivity contribution >= 4 is 17.6 Å². The van der Waals surface area contributed by atoms with Crippen LogP contribution in [-0.2, 0) is 17.9 Å². The maximum Gasteiger partial charge on any atom is 0.320 e. The highest BCUT2D eigenvalue weighted by molar-refractivity contribution is 6.30. The Morgan fingerprint density at radius 3 is 2.21 bits per heavy atom. The van der Waals surface area contributed by atoms with E-state index in [1.807, 2.05) is 62.4 Å². The lowest BCUT2D eigenvalue weighted by Crippen LogP contribution is -2.40. The Kier molecular flexibility index (Phi) is 6.64. The van der Waals surface area contributed by atoms with Crippen molar-refractivity contribution in [3.8, 4) is 5.75 Å². The molecule has 2 N–H and O–H groups in total. The largest absolute Gasteiger partial charge is 0.489 e. The molecule has 1 atom stereocenters. The van der Waals surface area contributed by atoms with Gasteiger partial charge in [-0.2, -0.15) is 0 Å². The predicted octanol–water partition coefficient (Wildman–Crippen LogP) is 4.12. The van der Waals surface area contributed by atoms with Gasteiger partial charge in [0.25, 0.3) is 0 Å². The van der Waals surface area contributed by atoms with E-state index >= 15 is 0 Å². The topological polar surface area (TPSA) is 58.6 Å². The standard InChI is InChI=1S/C19H22ClNO3/c1-13(2)18(19(22)23)21-11-14-5-9-17(10-6-14)24-12-15-3-7-16(20)8-4-15/h3-10,13,18,21H,11-12H2,1-2H3,(H,22,23). The van der Waals surface area contributed by atoms with E-state index in [1.54, 1.807) is 0 Å². The molecule has 0 radical (unpaired) electrons. The molecule has 2 aromatic rings. The Balaban J connectivity index is 1.86. The second-order valence-corrected chi connectivity index (χ2v) is 6.44. The minimum atomic E-state index is -0.826. The molecular weight excluding hydrogens is 326 g/mol. The van der Waals surface area contributed by atoms with E-state index in [2.05, 4.69) is 5.32 Å². The lowest BCUT2D eigenvalue weighted by molar-refractivity contribution is -0.140. The molecule has 0 spiro atoms. The van der Waals surface area contributed by atoms with E-state index < -0.39 is 12.0 Å². The van der Waals surface area contributed by atoms with Gasteiger partial charge in [-0.1, -0.05) is 49.7 Å². The highest BCUT2D eigenvalue weighted by Crippen LogP contribution is 2.16. The second kappa shape index (κ2) is 8.71. The minimum absolute atomic E-state index is 0.0319. The molecule has 0 aliphatic rings. The molecule has 0 saturated heterocycles. The molecule has 2 aromatic carbocycles. The van der Waals surface area contributed by atoms with E-state index in [4.69, 9.17) is 16.3 Å². The van der Waals surface area contributed by atoms with Crippen molar-refractivity contribution in [2.24, 2.45) is 5.92 Å². The second-order valence-electron chi connectivity index (χ2n) is 6.00. The van der Waals surface area contributed by atoms with Crippen molar-refractivity contribution in [3.63, 3.8) is 0 Å². The zero-order valence-corrected chi connectivity index (χ0v) is 14.6. The number of hydrogen-bond donors (Lipinski definition) is 2. The van der Waals surface area contributed by atoms with Crippen molar-refractivity contribution < 1.29 is 14.6 Å². The Morgan fingerprint density at radius 2 is 1.67 bits per heavy atom. The van der Waals surface area contributed by atoms with Crippen molar-refractivity contribution in [2.75, 3.05) is 0 Å². The first-order chi connectivity index (χ1) is 11.5. The Hall–Kier alpha value is -2.04. The highest BCUT2D eigenvalue weighted by Gasteiger charge is 2.20. The lowest BCUT2D eigenvalue weighted by Gasteiger charge is -2.18. The number of hydrogen-bond acceptors (Lipinski definition) is 3. The van der Waals surface area contributed by atoms with Crippen LogP contribution in [0.3, 0.4) is 0 Å². The van der Waals surface area contributed by atoms with Crippen molar-refractivity contribution in [1.29, 1.82) is 0 Å². The maximum atomic E-state index is 11.2. The normalized spacial score (nSPS) is 12.2. The van der Waals surface area contributed by atoms with Crippen LogP contribution < -0.4 is 10.1 Å². The molecule has 0 heterocycles. The summed E-state index contributed by atoms with van der Waals surface area (Å²) in [6, 6.07) is 14.6. The molecule has 1 unspecified atom stereocenters. The van der Waals surface area contributed by atoms with Gasteiger partial charge in [-0.25, -0.2) is 0 Å². The van der Waals surface area contributed by atoms with Gasteiger partial charge in [0.2, 0.25) is 0 Å². The molecular formula is C19H22ClNO3. The van der Waals surface area contributed by atoms with E-state index in [0.717, 1.165) is 16.9 Å². The van der Waals surface area contributed by atoms with Crippen molar-refractivity contribution in [3.05, 3.63) is 64.7 Å². The van der Waals surface area contributed by atoms with Crippen LogP contribution in [0.5, 0.6) is 5.75 Å². The van der Waals surface area contributed by atoms with Gasteiger partial charge in [0, 0.05) is 11.6 Å². The summed E-state index contributed by atoms with van der Waals surface area (Å²) in [5.41, 5.74) is 2.06. The molecule has 0 aromatic heterocycles. The summed E-state index contributed by atoms with van der Waals surface area (Å²) >= 11 is 5.85. The maximum absolute atomic E-state index is 11.2. The van der Waals surface area contributed by atoms with E-state index in [0.29, 0.717) is 18.2 Å². The third-order valence-corrected chi connectivity index (χ3v) is 3.95. The first-order valence-electron chi connectivity index (χ1n) is 7.88. The number of benzene rings is 2. The molecule has 2 rings (SSSR count). The van der Waals surface area contributed by atoms with Gasteiger partial charge >= 0.3 is 5.97 Å². The van der Waals surface area contributed by atoms with Gasteiger partial charge in [-0.3, -0.25) is 4.79 Å². The number of aliphatic carboxylic acids is 1. The first-order valence-corrected chi connectivity index (χ1v) is 8.26. The van der Waals surface area contributed by atoms with Crippen LogP contribution in [0.2, 0.25) is 5.02 Å². The number of nitrogens with one attached hydrogen (secondary N) is 1. The van der Waals surface area contributed by atoms with Gasteiger partial charge in [0.15, 0.2) is 0 Å². The van der Waals surface area contributed by atoms with Crippen molar-refractivity contribution in [2.45, 2.75) is 33.0 Å². The highest BCUT2D eigenvalue weighted by atomic mass is 35.5. The quantitative estimate of drug-likeness (QED) is 0.754. The fourth-order valence-corrected chi connectivity index (χ4v) is 2.41. The SMILES string of the molecule is CC(C)C(NCc1ccc(OCc2ccc(Cl)cc2)cc1)C(=O)O. The summed E-state index contributed by atoms with van der Waals surface area (Å²) in [6.07, 6.45) is 0. The van der Waals surface area contributed by atoms with Gasteiger partial charge in [0.05, 0.1) is 0 Å². The minimum Gasteiger partial charge on any atom is -0.489 e. The van der Waals surface area contributed by atoms with Crippen LogP contribution in [-0.4, -0.2) is 17.1 Å². The summed E-state index contributed by atoms with van der Waals surface area (Å²) in [6.45, 7) is 4.76. The molecule has 0 amide bonds. The first kappa shape index (κ1) is 18.3. The van der Waals surface area contributed by atoms with E-state index in [1.165, 1.54) is 0 Å². The monoisotopic (exact) mass is 347 g/mol. The molecule has 0 aliphatic carbocycles. The number of ether oxygens (including phenoxy) is 1. The number of carbonyl (C=O) groups is 1. The molecule has 0 fully saturated rings. The summed E-state index contributed by atoms with van der Waals surface area (Å²) in [5.74, 6) is -0.0234. The molecule has 0 bridgehead atoms. The zero-order chi connectivity index (χ0) is 17.5. The summed E-state index contributed by atoms with van der Waals surface area (Å²) in [4.78, 5) is 11.2. The summed E-state index contributed by atoms with van der Waals surface area (Å²) in [5, 5.41) is 12.9. The fraction of sp³-hybridized carbons (Fsp3) is 0.316. The lowest BCUT2D eigenvalue weighted by atomic mass is 10.0. The van der Waals surface area contributed by atoms with Gasteiger partial charge < -0.3 is 15.2 Å². The number of rotatable bonds is 8. The average molecular weight is 348 g/mol.